The molecule has 3 aromatic rings. The third kappa shape index (κ3) is 5.48. The first-order chi connectivity index (χ1) is 18.4. The van der Waals surface area contributed by atoms with Crippen LogP contribution in [-0.2, 0) is 21.0 Å². The van der Waals surface area contributed by atoms with Crippen molar-refractivity contribution < 1.29 is 36.2 Å². The Morgan fingerprint density at radius 3 is 2.56 bits per heavy atom. The molecule has 1 fully saturated rings. The molecule has 1 aromatic heterocycles. The molecule has 0 spiro atoms. The Balaban J connectivity index is 1.47. The van der Waals surface area contributed by atoms with Gasteiger partial charge in [0.2, 0.25) is 0 Å². The van der Waals surface area contributed by atoms with Gasteiger partial charge in [-0.2, -0.15) is 13.2 Å². The summed E-state index contributed by atoms with van der Waals surface area (Å²) in [6, 6.07) is 12.1. The first-order valence-corrected chi connectivity index (χ1v) is 13.8. The Morgan fingerprint density at radius 1 is 1.10 bits per heavy atom. The SMILES string of the molecule is O=C(O)CC[C@H]1CN(S(=O)(=O)c2cccc(C(F)(F)F)c2)c2cc(C3CN(c4ncccc4Cl)C3)ccc2O1. The van der Waals surface area contributed by atoms with Crippen LogP contribution in [0.2, 0.25) is 5.02 Å². The highest BCUT2D eigenvalue weighted by Gasteiger charge is 2.38. The lowest BCUT2D eigenvalue weighted by Gasteiger charge is -2.42. The average molecular weight is 582 g/mol. The summed E-state index contributed by atoms with van der Waals surface area (Å²) < 4.78 is 74.4. The number of alkyl halides is 3. The largest absolute Gasteiger partial charge is 0.486 e. The first-order valence-electron chi connectivity index (χ1n) is 12.0. The van der Waals surface area contributed by atoms with Crippen molar-refractivity contribution in [3.8, 4) is 5.75 Å². The van der Waals surface area contributed by atoms with E-state index in [2.05, 4.69) is 4.98 Å². The van der Waals surface area contributed by atoms with Crippen LogP contribution >= 0.6 is 11.6 Å². The van der Waals surface area contributed by atoms with Gasteiger partial charge >= 0.3 is 12.1 Å². The van der Waals surface area contributed by atoms with E-state index in [1.807, 2.05) is 4.90 Å². The lowest BCUT2D eigenvalue weighted by molar-refractivity contribution is -0.138. The minimum atomic E-state index is -4.72. The van der Waals surface area contributed by atoms with Gasteiger partial charge in [-0.3, -0.25) is 9.10 Å². The molecule has 1 atom stereocenters. The van der Waals surface area contributed by atoms with Gasteiger partial charge in [-0.25, -0.2) is 13.4 Å². The molecule has 2 aromatic carbocycles. The van der Waals surface area contributed by atoms with Crippen molar-refractivity contribution in [1.29, 1.82) is 0 Å². The molecule has 0 amide bonds. The van der Waals surface area contributed by atoms with E-state index in [-0.39, 0.29) is 36.7 Å². The number of carboxylic acid groups (broad SMARTS) is 1. The molecule has 1 N–H and O–H groups in total. The Bertz CT molecular complexity index is 1510. The molecular weight excluding hydrogens is 559 g/mol. The molecule has 2 aliphatic rings. The number of carboxylic acids is 1. The highest BCUT2D eigenvalue weighted by Crippen LogP contribution is 2.42. The van der Waals surface area contributed by atoms with Crippen LogP contribution in [0.4, 0.5) is 24.7 Å². The van der Waals surface area contributed by atoms with E-state index in [1.165, 1.54) is 0 Å². The van der Waals surface area contributed by atoms with Crippen molar-refractivity contribution in [2.24, 2.45) is 0 Å². The summed E-state index contributed by atoms with van der Waals surface area (Å²) in [5, 5.41) is 9.61. The normalized spacial score (nSPS) is 17.8. The second kappa shape index (κ2) is 10.2. The fourth-order valence-electron chi connectivity index (χ4n) is 4.68. The van der Waals surface area contributed by atoms with Crippen LogP contribution in [0.1, 0.15) is 29.9 Å². The maximum absolute atomic E-state index is 13.7. The van der Waals surface area contributed by atoms with Gasteiger partial charge in [0.25, 0.3) is 10.0 Å². The molecule has 0 unspecified atom stereocenters. The van der Waals surface area contributed by atoms with E-state index >= 15 is 0 Å². The fraction of sp³-hybridized carbons (Fsp3) is 0.308. The quantitative estimate of drug-likeness (QED) is 0.410. The number of fused-ring (bicyclic) bond motifs is 1. The van der Waals surface area contributed by atoms with Crippen molar-refractivity contribution >= 4 is 39.1 Å². The third-order valence-electron chi connectivity index (χ3n) is 6.74. The van der Waals surface area contributed by atoms with E-state index < -0.39 is 38.7 Å². The number of nitrogens with zero attached hydrogens (tertiary/aromatic N) is 3. The van der Waals surface area contributed by atoms with Crippen molar-refractivity contribution in [2.45, 2.75) is 35.9 Å². The Hall–Kier alpha value is -3.51. The zero-order valence-corrected chi connectivity index (χ0v) is 21.9. The molecule has 1 saturated heterocycles. The number of ether oxygens (including phenoxy) is 1. The summed E-state index contributed by atoms with van der Waals surface area (Å²) in [6.07, 6.45) is -4.12. The van der Waals surface area contributed by atoms with E-state index in [0.29, 0.717) is 30.0 Å². The fourth-order valence-corrected chi connectivity index (χ4v) is 6.46. The Morgan fingerprint density at radius 2 is 1.87 bits per heavy atom. The molecule has 0 bridgehead atoms. The number of pyridine rings is 1. The van der Waals surface area contributed by atoms with E-state index in [1.54, 1.807) is 36.5 Å². The van der Waals surface area contributed by atoms with E-state index in [9.17, 15) is 26.4 Å². The van der Waals surface area contributed by atoms with Crippen LogP contribution in [-0.4, -0.2) is 50.2 Å². The predicted octanol–water partition coefficient (Wildman–Crippen LogP) is 5.18. The van der Waals surface area contributed by atoms with Gasteiger partial charge in [0.1, 0.15) is 17.7 Å². The molecule has 39 heavy (non-hydrogen) atoms. The Kier molecular flexibility index (Phi) is 7.10. The van der Waals surface area contributed by atoms with Crippen LogP contribution in [0.5, 0.6) is 5.75 Å². The van der Waals surface area contributed by atoms with Crippen molar-refractivity contribution in [1.82, 2.24) is 4.98 Å². The van der Waals surface area contributed by atoms with Crippen LogP contribution in [0, 0.1) is 0 Å². The molecular formula is C26H23ClF3N3O5S. The number of anilines is 2. The van der Waals surface area contributed by atoms with Gasteiger partial charge in [0, 0.05) is 31.6 Å². The van der Waals surface area contributed by atoms with E-state index in [4.69, 9.17) is 21.4 Å². The van der Waals surface area contributed by atoms with Gasteiger partial charge < -0.3 is 14.7 Å². The van der Waals surface area contributed by atoms with Crippen molar-refractivity contribution in [3.05, 3.63) is 76.9 Å². The number of aliphatic carboxylic acids is 1. The van der Waals surface area contributed by atoms with E-state index in [0.717, 1.165) is 28.1 Å². The van der Waals surface area contributed by atoms with Gasteiger partial charge in [-0.1, -0.05) is 23.7 Å². The first kappa shape index (κ1) is 27.1. The smallest absolute Gasteiger partial charge is 0.416 e. The standard InChI is InChI=1S/C26H23ClF3N3O5S/c27-21-5-2-10-31-25(21)32-13-17(14-32)16-6-8-23-22(11-16)33(15-19(38-23)7-9-24(34)35)39(36,37)20-4-1-3-18(12-20)26(28,29)30/h1-6,8,10-12,17,19H,7,9,13-15H2,(H,34,35)/t19-/m0/s1. The number of sulfonamides is 1. The molecule has 13 heteroatoms. The number of hydrogen-bond acceptors (Lipinski definition) is 6. The van der Waals surface area contributed by atoms with Crippen molar-refractivity contribution in [3.63, 3.8) is 0 Å². The topological polar surface area (TPSA) is 100 Å². The van der Waals surface area contributed by atoms with Gasteiger partial charge in [0.15, 0.2) is 0 Å². The predicted molar refractivity (Wildman–Crippen MR) is 138 cm³/mol. The average Bonchev–Trinajstić information content (AvgIpc) is 2.86. The third-order valence-corrected chi connectivity index (χ3v) is 8.81. The van der Waals surface area contributed by atoms with Crippen LogP contribution < -0.4 is 13.9 Å². The molecule has 8 nitrogen and oxygen atoms in total. The highest BCUT2D eigenvalue weighted by molar-refractivity contribution is 7.92. The summed E-state index contributed by atoms with van der Waals surface area (Å²) >= 11 is 6.24. The summed E-state index contributed by atoms with van der Waals surface area (Å²) in [5.41, 5.74) is -0.0873. The summed E-state index contributed by atoms with van der Waals surface area (Å²) in [4.78, 5) is 16.9. The summed E-state index contributed by atoms with van der Waals surface area (Å²) in [6.45, 7) is 0.915. The maximum atomic E-state index is 13.7. The number of rotatable bonds is 7. The summed E-state index contributed by atoms with van der Waals surface area (Å²) in [7, 11) is -4.45. The molecule has 0 saturated carbocycles. The minimum Gasteiger partial charge on any atom is -0.486 e. The van der Waals surface area contributed by atoms with Crippen LogP contribution in [0.15, 0.2) is 65.7 Å². The zero-order valence-electron chi connectivity index (χ0n) is 20.3. The van der Waals surface area contributed by atoms with Gasteiger partial charge in [0.05, 0.1) is 27.7 Å². The van der Waals surface area contributed by atoms with Gasteiger partial charge in [-0.05, 0) is 54.4 Å². The molecule has 206 valence electrons. The monoisotopic (exact) mass is 581 g/mol. The maximum Gasteiger partial charge on any atom is 0.416 e. The molecule has 0 radical (unpaired) electrons. The highest BCUT2D eigenvalue weighted by atomic mass is 35.5. The van der Waals surface area contributed by atoms with Crippen LogP contribution in [0.3, 0.4) is 0 Å². The number of benzene rings is 2. The number of aromatic nitrogens is 1. The Labute approximate surface area is 227 Å². The minimum absolute atomic E-state index is 0.0214. The molecule has 5 rings (SSSR count). The van der Waals surface area contributed by atoms with Gasteiger partial charge in [-0.15, -0.1) is 0 Å². The lowest BCUT2D eigenvalue weighted by atomic mass is 9.90. The molecule has 0 aliphatic carbocycles. The lowest BCUT2D eigenvalue weighted by Crippen LogP contribution is -2.46. The molecule has 2 aliphatic heterocycles. The molecule has 3 heterocycles. The zero-order chi connectivity index (χ0) is 27.9. The van der Waals surface area contributed by atoms with Crippen molar-refractivity contribution in [2.75, 3.05) is 28.8 Å². The number of hydrogen-bond donors (Lipinski definition) is 1. The van der Waals surface area contributed by atoms with Crippen LogP contribution in [0.25, 0.3) is 0 Å². The summed E-state index contributed by atoms with van der Waals surface area (Å²) in [5.74, 6) is -0.197. The second-order valence-corrected chi connectivity index (χ2v) is 11.6. The number of halogens is 4. The second-order valence-electron chi connectivity index (χ2n) is 9.37. The number of carbonyl (C=O) groups is 1.